The Hall–Kier alpha value is -0.960. The van der Waals surface area contributed by atoms with Gasteiger partial charge in [0.2, 0.25) is 0 Å². The first kappa shape index (κ1) is 17.1. The van der Waals surface area contributed by atoms with Crippen molar-refractivity contribution in [2.75, 3.05) is 0 Å². The molecule has 1 N–H and O–H groups in total. The molecule has 20 heavy (non-hydrogen) atoms. The van der Waals surface area contributed by atoms with Gasteiger partial charge in [0.25, 0.3) is 0 Å². The molecular formula is C17H30N2O. The molecule has 2 atom stereocenters. The van der Waals surface area contributed by atoms with Crippen LogP contribution in [0.3, 0.4) is 0 Å². The molecule has 114 valence electrons. The maximum absolute atomic E-state index is 10.3. The number of aliphatic hydroxyl groups is 1. The van der Waals surface area contributed by atoms with Crippen LogP contribution in [0.25, 0.3) is 0 Å². The zero-order valence-corrected chi connectivity index (χ0v) is 13.9. The molecule has 0 amide bonds. The summed E-state index contributed by atoms with van der Waals surface area (Å²) in [4.78, 5) is 9.47. The minimum absolute atomic E-state index is 0.00747. The molecule has 3 nitrogen and oxygen atoms in total. The van der Waals surface area contributed by atoms with Crippen LogP contribution in [0.1, 0.15) is 96.3 Å². The standard InChI is InChI=1S/C17H30N2O/c1-7-12(5)13-11-18-16(17(6,9-3)10-4)15(19-13)14(20)8-2/h11-12,14,20H,7-10H2,1-6H3. The Morgan fingerprint density at radius 2 is 1.75 bits per heavy atom. The van der Waals surface area contributed by atoms with E-state index in [1.807, 2.05) is 13.1 Å². The zero-order valence-electron chi connectivity index (χ0n) is 13.9. The van der Waals surface area contributed by atoms with Crippen molar-refractivity contribution in [3.63, 3.8) is 0 Å². The number of rotatable bonds is 7. The molecule has 0 saturated carbocycles. The summed E-state index contributed by atoms with van der Waals surface area (Å²) in [7, 11) is 0. The summed E-state index contributed by atoms with van der Waals surface area (Å²) in [6.07, 6.45) is 5.11. The fourth-order valence-corrected chi connectivity index (χ4v) is 2.34. The van der Waals surface area contributed by atoms with Gasteiger partial charge in [0.1, 0.15) is 0 Å². The first-order valence-corrected chi connectivity index (χ1v) is 7.98. The number of aromatic nitrogens is 2. The lowest BCUT2D eigenvalue weighted by molar-refractivity contribution is 0.163. The van der Waals surface area contributed by atoms with Crippen molar-refractivity contribution in [3.05, 3.63) is 23.3 Å². The molecule has 0 radical (unpaired) electrons. The highest BCUT2D eigenvalue weighted by molar-refractivity contribution is 5.25. The van der Waals surface area contributed by atoms with Crippen molar-refractivity contribution in [3.8, 4) is 0 Å². The van der Waals surface area contributed by atoms with Gasteiger partial charge in [0.05, 0.1) is 23.2 Å². The third kappa shape index (κ3) is 3.38. The summed E-state index contributed by atoms with van der Waals surface area (Å²) in [6.45, 7) is 12.9. The molecule has 0 fully saturated rings. The van der Waals surface area contributed by atoms with Crippen LogP contribution in [-0.4, -0.2) is 15.1 Å². The lowest BCUT2D eigenvalue weighted by Gasteiger charge is -2.29. The average molecular weight is 278 g/mol. The average Bonchev–Trinajstić information content (AvgIpc) is 2.51. The number of nitrogens with zero attached hydrogens (tertiary/aromatic N) is 2. The van der Waals surface area contributed by atoms with Crippen LogP contribution in [0.15, 0.2) is 6.20 Å². The predicted octanol–water partition coefficient (Wildman–Crippen LogP) is 4.51. The minimum atomic E-state index is -0.515. The van der Waals surface area contributed by atoms with E-state index < -0.39 is 6.10 Å². The van der Waals surface area contributed by atoms with Crippen LogP contribution in [0.2, 0.25) is 0 Å². The van der Waals surface area contributed by atoms with E-state index in [1.165, 1.54) is 0 Å². The summed E-state index contributed by atoms with van der Waals surface area (Å²) in [5, 5.41) is 10.3. The largest absolute Gasteiger partial charge is 0.387 e. The Kier molecular flexibility index (Phi) is 6.12. The molecule has 1 aromatic heterocycles. The molecule has 3 heteroatoms. The fourth-order valence-electron chi connectivity index (χ4n) is 2.34. The second-order valence-corrected chi connectivity index (χ2v) is 6.03. The van der Waals surface area contributed by atoms with Crippen molar-refractivity contribution in [2.45, 2.75) is 84.7 Å². The van der Waals surface area contributed by atoms with Gasteiger partial charge in [-0.25, -0.2) is 0 Å². The summed E-state index contributed by atoms with van der Waals surface area (Å²) in [5.41, 5.74) is 2.75. The molecule has 1 aromatic rings. The quantitative estimate of drug-likeness (QED) is 0.798. The van der Waals surface area contributed by atoms with Crippen molar-refractivity contribution in [2.24, 2.45) is 0 Å². The summed E-state index contributed by atoms with van der Waals surface area (Å²) in [5.74, 6) is 0.383. The number of aliphatic hydroxyl groups excluding tert-OH is 1. The van der Waals surface area contributed by atoms with Gasteiger partial charge in [-0.3, -0.25) is 9.97 Å². The van der Waals surface area contributed by atoms with E-state index in [2.05, 4.69) is 34.6 Å². The monoisotopic (exact) mass is 278 g/mol. The van der Waals surface area contributed by atoms with Crippen molar-refractivity contribution < 1.29 is 5.11 Å². The molecule has 2 unspecified atom stereocenters. The Morgan fingerprint density at radius 3 is 2.20 bits per heavy atom. The molecule has 1 heterocycles. The van der Waals surface area contributed by atoms with Gasteiger partial charge in [-0.1, -0.05) is 41.5 Å². The zero-order chi connectivity index (χ0) is 15.3. The third-order valence-corrected chi connectivity index (χ3v) is 4.77. The van der Waals surface area contributed by atoms with Crippen LogP contribution in [-0.2, 0) is 5.41 Å². The topological polar surface area (TPSA) is 46.0 Å². The highest BCUT2D eigenvalue weighted by Crippen LogP contribution is 2.35. The first-order valence-electron chi connectivity index (χ1n) is 7.98. The molecule has 0 spiro atoms. The van der Waals surface area contributed by atoms with E-state index in [0.717, 1.165) is 36.3 Å². The molecule has 0 aliphatic carbocycles. The minimum Gasteiger partial charge on any atom is -0.387 e. The van der Waals surface area contributed by atoms with Gasteiger partial charge in [-0.05, 0) is 31.6 Å². The van der Waals surface area contributed by atoms with Gasteiger partial charge in [-0.15, -0.1) is 0 Å². The van der Waals surface area contributed by atoms with Crippen LogP contribution in [0, 0.1) is 0 Å². The Bertz CT molecular complexity index is 427. The van der Waals surface area contributed by atoms with E-state index in [-0.39, 0.29) is 5.41 Å². The van der Waals surface area contributed by atoms with Crippen molar-refractivity contribution >= 4 is 0 Å². The van der Waals surface area contributed by atoms with Gasteiger partial charge in [0, 0.05) is 11.6 Å². The maximum atomic E-state index is 10.3. The fraction of sp³-hybridized carbons (Fsp3) is 0.765. The number of hydrogen-bond donors (Lipinski definition) is 1. The molecule has 0 bridgehead atoms. The van der Waals surface area contributed by atoms with E-state index >= 15 is 0 Å². The smallest absolute Gasteiger partial charge is 0.0976 e. The maximum Gasteiger partial charge on any atom is 0.0976 e. The third-order valence-electron chi connectivity index (χ3n) is 4.77. The molecule has 1 rings (SSSR count). The lowest BCUT2D eigenvalue weighted by atomic mass is 9.79. The van der Waals surface area contributed by atoms with Gasteiger partial charge in [0.15, 0.2) is 0 Å². The number of hydrogen-bond acceptors (Lipinski definition) is 3. The van der Waals surface area contributed by atoms with E-state index in [4.69, 9.17) is 9.97 Å². The highest BCUT2D eigenvalue weighted by atomic mass is 16.3. The normalized spacial score (nSPS) is 15.2. The van der Waals surface area contributed by atoms with Gasteiger partial charge < -0.3 is 5.11 Å². The van der Waals surface area contributed by atoms with E-state index in [9.17, 15) is 5.11 Å². The summed E-state index contributed by atoms with van der Waals surface area (Å²) >= 11 is 0. The molecule has 0 aliphatic heterocycles. The van der Waals surface area contributed by atoms with Crippen LogP contribution >= 0.6 is 0 Å². The van der Waals surface area contributed by atoms with Crippen LogP contribution < -0.4 is 0 Å². The van der Waals surface area contributed by atoms with Gasteiger partial charge >= 0.3 is 0 Å². The predicted molar refractivity (Wildman–Crippen MR) is 83.9 cm³/mol. The summed E-state index contributed by atoms with van der Waals surface area (Å²) < 4.78 is 0. The van der Waals surface area contributed by atoms with E-state index in [0.29, 0.717) is 12.3 Å². The Morgan fingerprint density at radius 1 is 1.15 bits per heavy atom. The van der Waals surface area contributed by atoms with Gasteiger partial charge in [-0.2, -0.15) is 0 Å². The summed E-state index contributed by atoms with van der Waals surface area (Å²) in [6, 6.07) is 0. The molecule has 0 aromatic carbocycles. The molecule has 0 saturated heterocycles. The van der Waals surface area contributed by atoms with Crippen LogP contribution in [0.4, 0.5) is 0 Å². The van der Waals surface area contributed by atoms with Crippen molar-refractivity contribution in [1.29, 1.82) is 0 Å². The SMILES string of the molecule is CCC(C)c1cnc(C(C)(CC)CC)c(C(O)CC)n1. The van der Waals surface area contributed by atoms with Crippen molar-refractivity contribution in [1.82, 2.24) is 9.97 Å². The Balaban J connectivity index is 3.37. The second kappa shape index (κ2) is 7.16. The first-order chi connectivity index (χ1) is 9.43. The highest BCUT2D eigenvalue weighted by Gasteiger charge is 2.30. The Labute approximate surface area is 123 Å². The molecule has 0 aliphatic rings. The lowest BCUT2D eigenvalue weighted by Crippen LogP contribution is -2.26. The second-order valence-electron chi connectivity index (χ2n) is 6.03. The van der Waals surface area contributed by atoms with Crippen LogP contribution in [0.5, 0.6) is 0 Å². The van der Waals surface area contributed by atoms with E-state index in [1.54, 1.807) is 0 Å². The molecular weight excluding hydrogens is 248 g/mol.